The van der Waals surface area contributed by atoms with Crippen molar-refractivity contribution in [3.8, 4) is 5.75 Å². The van der Waals surface area contributed by atoms with Crippen LogP contribution in [0.3, 0.4) is 0 Å². The van der Waals surface area contributed by atoms with Gasteiger partial charge in [0, 0.05) is 16.2 Å². The van der Waals surface area contributed by atoms with E-state index < -0.39 is 0 Å². The maximum absolute atomic E-state index is 13.3. The van der Waals surface area contributed by atoms with Gasteiger partial charge in [-0.1, -0.05) is 24.3 Å². The molecule has 0 aliphatic rings. The Labute approximate surface area is 122 Å². The Morgan fingerprint density at radius 2 is 1.85 bits per heavy atom. The third-order valence-electron chi connectivity index (χ3n) is 2.71. The molecule has 20 heavy (non-hydrogen) atoms. The van der Waals surface area contributed by atoms with Crippen LogP contribution < -0.4 is 4.74 Å². The van der Waals surface area contributed by atoms with Crippen LogP contribution in [0.1, 0.15) is 17.3 Å². The Bertz CT molecular complexity index is 581. The lowest BCUT2D eigenvalue weighted by atomic mass is 10.2. The van der Waals surface area contributed by atoms with Crippen molar-refractivity contribution in [3.63, 3.8) is 0 Å². The molecule has 0 aliphatic heterocycles. The van der Waals surface area contributed by atoms with Gasteiger partial charge in [0.25, 0.3) is 0 Å². The first-order valence-corrected chi connectivity index (χ1v) is 7.26. The highest BCUT2D eigenvalue weighted by Gasteiger charge is 2.02. The fraction of sp³-hybridized carbons (Fsp3) is 0.188. The highest BCUT2D eigenvalue weighted by atomic mass is 32.2. The molecule has 0 fully saturated rings. The minimum Gasteiger partial charge on any atom is -0.490 e. The Kier molecular flexibility index (Phi) is 5.18. The van der Waals surface area contributed by atoms with Crippen LogP contribution in [0, 0.1) is 5.82 Å². The number of ketones is 1. The molecule has 2 rings (SSSR count). The topological polar surface area (TPSA) is 26.3 Å². The molecular weight excluding hydrogens is 275 g/mol. The Balaban J connectivity index is 1.79. The quantitative estimate of drug-likeness (QED) is 0.453. The number of halogens is 1. The molecule has 0 saturated carbocycles. The van der Waals surface area contributed by atoms with Crippen LogP contribution in [-0.2, 0) is 0 Å². The smallest absolute Gasteiger partial charge is 0.165 e. The zero-order valence-corrected chi connectivity index (χ0v) is 12.0. The summed E-state index contributed by atoms with van der Waals surface area (Å²) in [6, 6.07) is 13.8. The van der Waals surface area contributed by atoms with Crippen LogP contribution in [-0.4, -0.2) is 18.1 Å². The van der Waals surface area contributed by atoms with Crippen molar-refractivity contribution in [3.05, 3.63) is 59.9 Å². The van der Waals surface area contributed by atoms with Gasteiger partial charge >= 0.3 is 0 Å². The van der Waals surface area contributed by atoms with Crippen molar-refractivity contribution in [1.82, 2.24) is 0 Å². The second kappa shape index (κ2) is 7.10. The fourth-order valence-electron chi connectivity index (χ4n) is 1.66. The summed E-state index contributed by atoms with van der Waals surface area (Å²) >= 11 is 1.61. The van der Waals surface area contributed by atoms with E-state index in [0.717, 1.165) is 4.90 Å². The van der Waals surface area contributed by atoms with E-state index in [2.05, 4.69) is 0 Å². The molecule has 104 valence electrons. The molecule has 0 heterocycles. The number of Topliss-reactive ketones (excluding diaryl/α,β-unsaturated/α-hetero) is 1. The van der Waals surface area contributed by atoms with Gasteiger partial charge in [0.2, 0.25) is 0 Å². The lowest BCUT2D eigenvalue weighted by Gasteiger charge is -2.07. The number of hydrogen-bond acceptors (Lipinski definition) is 3. The SMILES string of the molecule is CC(=O)c1ccc(SCCOc2ccccc2F)cc1. The summed E-state index contributed by atoms with van der Waals surface area (Å²) < 4.78 is 18.7. The number of hydrogen-bond donors (Lipinski definition) is 0. The standard InChI is InChI=1S/C16H15FO2S/c1-12(18)13-6-8-14(9-7-13)20-11-10-19-16-5-3-2-4-15(16)17/h2-9H,10-11H2,1H3. The second-order valence-corrected chi connectivity index (χ2v) is 5.38. The molecule has 0 aromatic heterocycles. The molecule has 0 unspecified atom stereocenters. The zero-order chi connectivity index (χ0) is 14.4. The fourth-order valence-corrected chi connectivity index (χ4v) is 2.39. The molecule has 0 amide bonds. The van der Waals surface area contributed by atoms with Gasteiger partial charge in [-0.3, -0.25) is 4.79 Å². The summed E-state index contributed by atoms with van der Waals surface area (Å²) in [6.45, 7) is 1.98. The first-order valence-electron chi connectivity index (χ1n) is 6.28. The van der Waals surface area contributed by atoms with E-state index >= 15 is 0 Å². The number of rotatable bonds is 6. The number of carbonyl (C=O) groups is 1. The highest BCUT2D eigenvalue weighted by Crippen LogP contribution is 2.20. The lowest BCUT2D eigenvalue weighted by molar-refractivity contribution is 0.101. The van der Waals surface area contributed by atoms with Gasteiger partial charge < -0.3 is 4.74 Å². The average molecular weight is 290 g/mol. The lowest BCUT2D eigenvalue weighted by Crippen LogP contribution is -2.01. The van der Waals surface area contributed by atoms with E-state index in [1.54, 1.807) is 36.9 Å². The largest absolute Gasteiger partial charge is 0.490 e. The van der Waals surface area contributed by atoms with Gasteiger partial charge in [-0.25, -0.2) is 4.39 Å². The van der Waals surface area contributed by atoms with E-state index in [4.69, 9.17) is 4.74 Å². The van der Waals surface area contributed by atoms with E-state index in [1.807, 2.05) is 24.3 Å². The van der Waals surface area contributed by atoms with Gasteiger partial charge in [0.05, 0.1) is 6.61 Å². The molecular formula is C16H15FO2S. The number of para-hydroxylation sites is 1. The van der Waals surface area contributed by atoms with E-state index in [0.29, 0.717) is 17.9 Å². The van der Waals surface area contributed by atoms with Crippen LogP contribution >= 0.6 is 11.8 Å². The Hall–Kier alpha value is -1.81. The van der Waals surface area contributed by atoms with Gasteiger partial charge in [-0.05, 0) is 31.2 Å². The summed E-state index contributed by atoms with van der Waals surface area (Å²) in [5.74, 6) is 0.709. The van der Waals surface area contributed by atoms with Gasteiger partial charge in [0.15, 0.2) is 17.3 Å². The summed E-state index contributed by atoms with van der Waals surface area (Å²) in [6.07, 6.45) is 0. The highest BCUT2D eigenvalue weighted by molar-refractivity contribution is 7.99. The number of ether oxygens (including phenoxy) is 1. The van der Waals surface area contributed by atoms with Crippen molar-refractivity contribution in [1.29, 1.82) is 0 Å². The first-order chi connectivity index (χ1) is 9.66. The van der Waals surface area contributed by atoms with Crippen molar-refractivity contribution >= 4 is 17.5 Å². The third-order valence-corrected chi connectivity index (χ3v) is 3.68. The van der Waals surface area contributed by atoms with Crippen molar-refractivity contribution in [2.45, 2.75) is 11.8 Å². The molecule has 0 spiro atoms. The predicted octanol–water partition coefficient (Wildman–Crippen LogP) is 4.20. The van der Waals surface area contributed by atoms with Crippen LogP contribution in [0.2, 0.25) is 0 Å². The maximum atomic E-state index is 13.3. The summed E-state index contributed by atoms with van der Waals surface area (Å²) in [5.41, 5.74) is 0.706. The van der Waals surface area contributed by atoms with Crippen LogP contribution in [0.4, 0.5) is 4.39 Å². The van der Waals surface area contributed by atoms with Crippen molar-refractivity contribution in [2.24, 2.45) is 0 Å². The van der Waals surface area contributed by atoms with Crippen LogP contribution in [0.25, 0.3) is 0 Å². The third kappa shape index (κ3) is 4.10. The average Bonchev–Trinajstić information content (AvgIpc) is 2.46. The molecule has 2 aromatic rings. The maximum Gasteiger partial charge on any atom is 0.165 e. The monoisotopic (exact) mass is 290 g/mol. The molecule has 2 nitrogen and oxygen atoms in total. The molecule has 0 radical (unpaired) electrons. The summed E-state index contributed by atoms with van der Waals surface area (Å²) in [7, 11) is 0. The van der Waals surface area contributed by atoms with Crippen LogP contribution in [0.15, 0.2) is 53.4 Å². The molecule has 0 bridgehead atoms. The van der Waals surface area contributed by atoms with Crippen molar-refractivity contribution < 1.29 is 13.9 Å². The second-order valence-electron chi connectivity index (χ2n) is 4.21. The van der Waals surface area contributed by atoms with E-state index in [1.165, 1.54) is 6.07 Å². The molecule has 0 saturated heterocycles. The summed E-state index contributed by atoms with van der Waals surface area (Å²) in [4.78, 5) is 12.2. The van der Waals surface area contributed by atoms with Gasteiger partial charge in [-0.2, -0.15) is 0 Å². The molecule has 0 N–H and O–H groups in total. The van der Waals surface area contributed by atoms with Crippen molar-refractivity contribution in [2.75, 3.05) is 12.4 Å². The molecule has 4 heteroatoms. The van der Waals surface area contributed by atoms with E-state index in [-0.39, 0.29) is 17.3 Å². The zero-order valence-electron chi connectivity index (χ0n) is 11.1. The number of benzene rings is 2. The Morgan fingerprint density at radius 1 is 1.15 bits per heavy atom. The number of thioether (sulfide) groups is 1. The minimum atomic E-state index is -0.344. The molecule has 0 atom stereocenters. The number of carbonyl (C=O) groups excluding carboxylic acids is 1. The summed E-state index contributed by atoms with van der Waals surface area (Å²) in [5, 5.41) is 0. The van der Waals surface area contributed by atoms with Gasteiger partial charge in [0.1, 0.15) is 0 Å². The van der Waals surface area contributed by atoms with Gasteiger partial charge in [-0.15, -0.1) is 11.8 Å². The van der Waals surface area contributed by atoms with E-state index in [9.17, 15) is 9.18 Å². The predicted molar refractivity (Wildman–Crippen MR) is 79.1 cm³/mol. The van der Waals surface area contributed by atoms with Crippen LogP contribution in [0.5, 0.6) is 5.75 Å². The normalized spacial score (nSPS) is 10.3. The molecule has 0 aliphatic carbocycles. The Morgan fingerprint density at radius 3 is 2.50 bits per heavy atom. The molecule has 2 aromatic carbocycles. The minimum absolute atomic E-state index is 0.0597. The first kappa shape index (κ1) is 14.6.